The summed E-state index contributed by atoms with van der Waals surface area (Å²) in [5, 5.41) is 3.10. The number of amides is 1. The molecule has 7 heteroatoms. The number of nitrogens with one attached hydrogen (secondary N) is 1. The second kappa shape index (κ2) is 9.41. The van der Waals surface area contributed by atoms with E-state index in [1.54, 1.807) is 63.2 Å². The molecule has 0 atom stereocenters. The minimum absolute atomic E-state index is 0.107. The van der Waals surface area contributed by atoms with E-state index < -0.39 is 17.5 Å². The zero-order valence-corrected chi connectivity index (χ0v) is 18.8. The van der Waals surface area contributed by atoms with Crippen molar-refractivity contribution in [1.82, 2.24) is 0 Å². The molecule has 0 unspecified atom stereocenters. The summed E-state index contributed by atoms with van der Waals surface area (Å²) in [5.74, 6) is -0.102. The van der Waals surface area contributed by atoms with Crippen molar-refractivity contribution in [2.24, 2.45) is 0 Å². The van der Waals surface area contributed by atoms with Crippen LogP contribution in [0.5, 0.6) is 11.5 Å². The molecule has 1 amide bonds. The number of hydrogen-bond donors (Lipinski definition) is 1. The molecule has 0 aliphatic carbocycles. The van der Waals surface area contributed by atoms with Crippen molar-refractivity contribution in [2.75, 3.05) is 5.32 Å². The van der Waals surface area contributed by atoms with Gasteiger partial charge in [-0.25, -0.2) is 4.79 Å². The van der Waals surface area contributed by atoms with Crippen molar-refractivity contribution in [3.63, 3.8) is 0 Å². The maximum absolute atomic E-state index is 12.9. The van der Waals surface area contributed by atoms with Crippen molar-refractivity contribution >= 4 is 40.8 Å². The van der Waals surface area contributed by atoms with Crippen LogP contribution in [0.4, 0.5) is 5.69 Å². The monoisotopic (exact) mass is 457 g/mol. The largest absolute Gasteiger partial charge is 0.457 e. The second-order valence-corrected chi connectivity index (χ2v) is 8.49. The van der Waals surface area contributed by atoms with Gasteiger partial charge in [0.2, 0.25) is 0 Å². The summed E-state index contributed by atoms with van der Waals surface area (Å²) in [6, 6.07) is 18.6. The average Bonchev–Trinajstić information content (AvgIpc) is 2.67. The van der Waals surface area contributed by atoms with Gasteiger partial charge in [-0.15, -0.1) is 0 Å². The fourth-order valence-corrected chi connectivity index (χ4v) is 3.29. The third-order valence-electron chi connectivity index (χ3n) is 4.03. The zero-order valence-electron chi connectivity index (χ0n) is 17.2. The van der Waals surface area contributed by atoms with Crippen LogP contribution in [0.3, 0.4) is 0 Å². The predicted octanol–water partition coefficient (Wildman–Crippen LogP) is 6.99. The summed E-state index contributed by atoms with van der Waals surface area (Å²) in [4.78, 5) is 25.6. The molecule has 0 saturated carbocycles. The number of anilines is 1. The van der Waals surface area contributed by atoms with Crippen LogP contribution >= 0.6 is 23.2 Å². The van der Waals surface area contributed by atoms with E-state index in [1.165, 1.54) is 6.07 Å². The number of ether oxygens (including phenoxy) is 2. The molecule has 3 rings (SSSR count). The lowest BCUT2D eigenvalue weighted by Gasteiger charge is -2.21. The van der Waals surface area contributed by atoms with E-state index >= 15 is 0 Å². The lowest BCUT2D eigenvalue weighted by atomic mass is 10.1. The molecule has 0 aliphatic heterocycles. The first kappa shape index (κ1) is 22.7. The van der Waals surface area contributed by atoms with E-state index in [4.69, 9.17) is 32.7 Å². The highest BCUT2D eigenvalue weighted by molar-refractivity contribution is 6.40. The Morgan fingerprint density at radius 1 is 0.839 bits per heavy atom. The van der Waals surface area contributed by atoms with Gasteiger partial charge in [0.1, 0.15) is 17.1 Å². The molecule has 0 fully saturated rings. The van der Waals surface area contributed by atoms with Crippen molar-refractivity contribution in [2.45, 2.75) is 26.4 Å². The van der Waals surface area contributed by atoms with E-state index in [9.17, 15) is 9.59 Å². The Kier molecular flexibility index (Phi) is 6.88. The van der Waals surface area contributed by atoms with Gasteiger partial charge in [-0.05, 0) is 57.2 Å². The molecule has 0 bridgehead atoms. The molecule has 0 heterocycles. The van der Waals surface area contributed by atoms with E-state index in [-0.39, 0.29) is 26.9 Å². The van der Waals surface area contributed by atoms with Crippen molar-refractivity contribution in [3.8, 4) is 11.5 Å². The van der Waals surface area contributed by atoms with Crippen LogP contribution in [-0.2, 0) is 4.74 Å². The van der Waals surface area contributed by atoms with Crippen LogP contribution < -0.4 is 10.1 Å². The van der Waals surface area contributed by atoms with Crippen molar-refractivity contribution < 1.29 is 19.1 Å². The number of halogens is 2. The SMILES string of the molecule is CC(C)(C)OC(=O)c1ccc(Oc2ccccc2)cc1NC(=O)c1c(Cl)cccc1Cl. The first-order valence-corrected chi connectivity index (χ1v) is 10.3. The average molecular weight is 458 g/mol. The molecule has 0 spiro atoms. The lowest BCUT2D eigenvalue weighted by molar-refractivity contribution is 0.00708. The summed E-state index contributed by atoms with van der Waals surface area (Å²) >= 11 is 12.3. The topological polar surface area (TPSA) is 64.6 Å². The van der Waals surface area contributed by atoms with Gasteiger partial charge in [0.15, 0.2) is 0 Å². The van der Waals surface area contributed by atoms with Gasteiger partial charge in [-0.2, -0.15) is 0 Å². The highest BCUT2D eigenvalue weighted by Gasteiger charge is 2.23. The number of benzene rings is 3. The minimum atomic E-state index is -0.705. The van der Waals surface area contributed by atoms with E-state index in [2.05, 4.69) is 5.32 Å². The van der Waals surface area contributed by atoms with Crippen LogP contribution in [0.15, 0.2) is 66.7 Å². The first-order chi connectivity index (χ1) is 14.6. The quantitative estimate of drug-likeness (QED) is 0.419. The highest BCUT2D eigenvalue weighted by atomic mass is 35.5. The van der Waals surface area contributed by atoms with E-state index in [0.717, 1.165) is 0 Å². The standard InChI is InChI=1S/C24H21Cl2NO4/c1-24(2,3)31-23(29)17-13-12-16(30-15-8-5-4-6-9-15)14-20(17)27-22(28)21-18(25)10-7-11-19(21)26/h4-14H,1-3H3,(H,27,28). The third-order valence-corrected chi connectivity index (χ3v) is 4.66. The fourth-order valence-electron chi connectivity index (χ4n) is 2.73. The Bertz CT molecular complexity index is 1090. The molecule has 0 saturated heterocycles. The van der Waals surface area contributed by atoms with Gasteiger partial charge < -0.3 is 14.8 Å². The number of esters is 1. The molecule has 0 aromatic heterocycles. The van der Waals surface area contributed by atoms with Crippen LogP contribution in [0.25, 0.3) is 0 Å². The minimum Gasteiger partial charge on any atom is -0.457 e. The van der Waals surface area contributed by atoms with Gasteiger partial charge in [-0.1, -0.05) is 47.5 Å². The van der Waals surface area contributed by atoms with Gasteiger partial charge in [-0.3, -0.25) is 4.79 Å². The van der Waals surface area contributed by atoms with E-state index in [0.29, 0.717) is 11.5 Å². The molecule has 160 valence electrons. The summed E-state index contributed by atoms with van der Waals surface area (Å²) in [7, 11) is 0. The molecule has 0 aliphatic rings. The number of hydrogen-bond acceptors (Lipinski definition) is 4. The van der Waals surface area contributed by atoms with E-state index in [1.807, 2.05) is 18.2 Å². The summed E-state index contributed by atoms with van der Waals surface area (Å²) in [6.07, 6.45) is 0. The van der Waals surface area contributed by atoms with Crippen LogP contribution in [0, 0.1) is 0 Å². The Morgan fingerprint density at radius 3 is 2.10 bits per heavy atom. The summed E-state index contributed by atoms with van der Waals surface area (Å²) in [6.45, 7) is 5.29. The molecule has 1 N–H and O–H groups in total. The number of para-hydroxylation sites is 1. The van der Waals surface area contributed by atoms with Crippen LogP contribution in [0.2, 0.25) is 10.0 Å². The summed E-state index contributed by atoms with van der Waals surface area (Å²) in [5.41, 5.74) is -0.213. The Labute approximate surface area is 190 Å². The van der Waals surface area contributed by atoms with Crippen molar-refractivity contribution in [1.29, 1.82) is 0 Å². The van der Waals surface area contributed by atoms with Crippen LogP contribution in [0.1, 0.15) is 41.5 Å². The zero-order chi connectivity index (χ0) is 22.6. The fraction of sp³-hybridized carbons (Fsp3) is 0.167. The first-order valence-electron chi connectivity index (χ1n) is 9.50. The molecule has 0 radical (unpaired) electrons. The van der Waals surface area contributed by atoms with Gasteiger partial charge in [0.05, 0.1) is 26.9 Å². The molecule has 3 aromatic rings. The van der Waals surface area contributed by atoms with Crippen molar-refractivity contribution in [3.05, 3.63) is 87.9 Å². The number of carbonyl (C=O) groups excluding carboxylic acids is 2. The maximum Gasteiger partial charge on any atom is 0.340 e. The smallest absolute Gasteiger partial charge is 0.340 e. The Morgan fingerprint density at radius 2 is 1.48 bits per heavy atom. The summed E-state index contributed by atoms with van der Waals surface area (Å²) < 4.78 is 11.3. The molecular weight excluding hydrogens is 437 g/mol. The third kappa shape index (κ3) is 6.00. The normalized spacial score (nSPS) is 11.0. The van der Waals surface area contributed by atoms with Gasteiger partial charge >= 0.3 is 5.97 Å². The molecule has 5 nitrogen and oxygen atoms in total. The lowest BCUT2D eigenvalue weighted by Crippen LogP contribution is -2.25. The predicted molar refractivity (Wildman–Crippen MR) is 123 cm³/mol. The van der Waals surface area contributed by atoms with Crippen LogP contribution in [-0.4, -0.2) is 17.5 Å². The Balaban J connectivity index is 1.98. The number of carbonyl (C=O) groups is 2. The van der Waals surface area contributed by atoms with Gasteiger partial charge in [0.25, 0.3) is 5.91 Å². The van der Waals surface area contributed by atoms with Gasteiger partial charge in [0, 0.05) is 6.07 Å². The molecule has 3 aromatic carbocycles. The molecule has 31 heavy (non-hydrogen) atoms. The maximum atomic E-state index is 12.9. The molecular formula is C24H21Cl2NO4. The highest BCUT2D eigenvalue weighted by Crippen LogP contribution is 2.30. The second-order valence-electron chi connectivity index (χ2n) is 7.68. The number of rotatable bonds is 5. The Hall–Kier alpha value is -3.02.